The van der Waals surface area contributed by atoms with Gasteiger partial charge >= 0.3 is 0 Å². The molecule has 0 aromatic heterocycles. The minimum Gasteiger partial charge on any atom is -0.390 e. The second kappa shape index (κ2) is 8.12. The zero-order valence-electron chi connectivity index (χ0n) is 16.9. The van der Waals surface area contributed by atoms with Gasteiger partial charge in [0, 0.05) is 52.5 Å². The van der Waals surface area contributed by atoms with Crippen molar-refractivity contribution < 1.29 is 19.1 Å². The van der Waals surface area contributed by atoms with Crippen LogP contribution in [0, 0.1) is 17.7 Å². The number of nitrogens with zero attached hydrogens (tertiary/aromatic N) is 2. The van der Waals surface area contributed by atoms with E-state index in [4.69, 9.17) is 17.3 Å². The predicted molar refractivity (Wildman–Crippen MR) is 109 cm³/mol. The van der Waals surface area contributed by atoms with Gasteiger partial charge in [-0.15, -0.1) is 0 Å². The van der Waals surface area contributed by atoms with E-state index in [2.05, 4.69) is 10.6 Å². The van der Waals surface area contributed by atoms with E-state index in [1.165, 1.54) is 0 Å². The minimum absolute atomic E-state index is 0.157. The molecule has 3 unspecified atom stereocenters. The third-order valence-electron chi connectivity index (χ3n) is 6.38. The molecule has 1 amide bonds. The number of nitrogens with two attached hydrogens (primary N) is 1. The van der Waals surface area contributed by atoms with Crippen molar-refractivity contribution in [1.29, 1.82) is 0 Å². The Morgan fingerprint density at radius 3 is 2.80 bits per heavy atom. The highest BCUT2D eigenvalue weighted by Crippen LogP contribution is 2.40. The summed E-state index contributed by atoms with van der Waals surface area (Å²) < 4.78 is 14.9. The van der Waals surface area contributed by atoms with Crippen LogP contribution in [0.1, 0.15) is 30.1 Å². The van der Waals surface area contributed by atoms with Crippen molar-refractivity contribution in [2.75, 3.05) is 26.2 Å². The maximum atomic E-state index is 14.0. The van der Waals surface area contributed by atoms with Crippen molar-refractivity contribution >= 4 is 17.5 Å². The maximum Gasteiger partial charge on any atom is 0.282 e. The molecule has 2 saturated heterocycles. The number of rotatable bonds is 5. The van der Waals surface area contributed by atoms with Crippen molar-refractivity contribution in [2.45, 2.75) is 49.9 Å². The molecule has 8 nitrogen and oxygen atoms in total. The zero-order chi connectivity index (χ0) is 21.6. The first-order valence-electron chi connectivity index (χ1n) is 10.3. The van der Waals surface area contributed by atoms with Gasteiger partial charge in [0.15, 0.2) is 5.67 Å². The molecule has 10 heteroatoms. The molecule has 2 heterocycles. The summed E-state index contributed by atoms with van der Waals surface area (Å²) in [6, 6.07) is 5.04. The molecular weight excluding hydrogens is 413 g/mol. The summed E-state index contributed by atoms with van der Waals surface area (Å²) >= 11 is 6.25. The molecule has 0 radical (unpaired) electrons. The topological polar surface area (TPSA) is 111 Å². The second-order valence-electron chi connectivity index (χ2n) is 8.71. The van der Waals surface area contributed by atoms with Crippen LogP contribution < -0.4 is 16.4 Å². The van der Waals surface area contributed by atoms with Crippen LogP contribution in [-0.2, 0) is 4.79 Å². The van der Waals surface area contributed by atoms with Crippen LogP contribution in [0.2, 0.25) is 5.02 Å². The number of aryl methyl sites for hydroxylation is 1. The summed E-state index contributed by atoms with van der Waals surface area (Å²) in [6.07, 6.45) is -1.51. The maximum absolute atomic E-state index is 14.0. The van der Waals surface area contributed by atoms with E-state index in [0.29, 0.717) is 18.1 Å². The summed E-state index contributed by atoms with van der Waals surface area (Å²) in [4.78, 5) is 27.4. The highest BCUT2D eigenvalue weighted by Gasteiger charge is 2.53. The van der Waals surface area contributed by atoms with E-state index in [1.807, 2.05) is 24.0 Å². The lowest BCUT2D eigenvalue weighted by molar-refractivity contribution is -0.669. The smallest absolute Gasteiger partial charge is 0.282 e. The highest BCUT2D eigenvalue weighted by molar-refractivity contribution is 6.31. The molecule has 164 valence electrons. The zero-order valence-corrected chi connectivity index (χ0v) is 17.6. The molecule has 3 aliphatic rings. The quantitative estimate of drug-likeness (QED) is 0.499. The third kappa shape index (κ3) is 4.09. The highest BCUT2D eigenvalue weighted by atomic mass is 35.5. The molecule has 1 aliphatic carbocycles. The van der Waals surface area contributed by atoms with Gasteiger partial charge in [-0.1, -0.05) is 23.7 Å². The average molecular weight is 441 g/mol. The number of aliphatic hydroxyl groups excluding tert-OH is 1. The van der Waals surface area contributed by atoms with Gasteiger partial charge in [0.25, 0.3) is 18.2 Å². The van der Waals surface area contributed by atoms with E-state index in [9.17, 15) is 19.2 Å². The number of halogens is 2. The van der Waals surface area contributed by atoms with Crippen LogP contribution in [0.3, 0.4) is 0 Å². The lowest BCUT2D eigenvalue weighted by atomic mass is 9.98. The van der Waals surface area contributed by atoms with Crippen LogP contribution in [0.15, 0.2) is 18.2 Å². The number of hydrogen-bond donors (Lipinski definition) is 4. The van der Waals surface area contributed by atoms with Gasteiger partial charge in [0.05, 0.1) is 12.0 Å². The number of nitrogens with one attached hydrogen (secondary N) is 2. The molecule has 3 fully saturated rings. The van der Waals surface area contributed by atoms with Crippen molar-refractivity contribution in [3.05, 3.63) is 39.3 Å². The predicted octanol–water partition coefficient (Wildman–Crippen LogP) is 0.594. The van der Waals surface area contributed by atoms with E-state index in [-0.39, 0.29) is 31.8 Å². The summed E-state index contributed by atoms with van der Waals surface area (Å²) in [5.41, 5.74) is 5.86. The molecule has 0 spiro atoms. The number of hydrogen-bond acceptors (Lipinski definition) is 6. The first kappa shape index (κ1) is 21.6. The normalized spacial score (nSPS) is 33.5. The van der Waals surface area contributed by atoms with Gasteiger partial charge in [-0.25, -0.2) is 9.29 Å². The third-order valence-corrected chi connectivity index (χ3v) is 6.79. The number of nitroso groups, excluding NO2 is 1. The lowest BCUT2D eigenvalue weighted by Crippen LogP contribution is -2.60. The first-order chi connectivity index (χ1) is 14.2. The number of carbonyl (C=O) groups excluding carboxylic acids is 1. The largest absolute Gasteiger partial charge is 0.390 e. The summed E-state index contributed by atoms with van der Waals surface area (Å²) in [5.74, 6) is -0.923. The van der Waals surface area contributed by atoms with Gasteiger partial charge in [-0.2, -0.15) is 0 Å². The van der Waals surface area contributed by atoms with Crippen LogP contribution in [0.25, 0.3) is 0 Å². The molecule has 0 bridgehead atoms. The fourth-order valence-electron chi connectivity index (χ4n) is 4.28. The number of carbonyl (C=O) groups is 1. The second-order valence-corrected chi connectivity index (χ2v) is 9.12. The van der Waals surface area contributed by atoms with Gasteiger partial charge < -0.3 is 16.2 Å². The average Bonchev–Trinajstić information content (AvgIpc) is 3.38. The number of benzene rings is 1. The number of alkyl halides is 1. The fraction of sp³-hybridized carbons (Fsp3) is 0.650. The minimum atomic E-state index is -1.76. The molecule has 5 N–H and O–H groups in total. The number of β-amino-alcohol motifs (C(OH)–C–C–N with tert-alkyl or cyclic N) is 1. The Bertz CT molecular complexity index is 842. The van der Waals surface area contributed by atoms with E-state index in [1.54, 1.807) is 6.07 Å². The number of aliphatic hydroxyl groups is 1. The van der Waals surface area contributed by atoms with Gasteiger partial charge in [0.2, 0.25) is 0 Å². The Hall–Kier alpha value is -1.65. The Morgan fingerprint density at radius 1 is 1.47 bits per heavy atom. The van der Waals surface area contributed by atoms with Gasteiger partial charge in [-0.05, 0) is 31.4 Å². The molecule has 30 heavy (non-hydrogen) atoms. The number of amides is 1. The van der Waals surface area contributed by atoms with Crippen molar-refractivity contribution in [2.24, 2.45) is 11.7 Å². The summed E-state index contributed by atoms with van der Waals surface area (Å²) in [6.45, 7) is 3.11. The molecule has 1 aromatic rings. The van der Waals surface area contributed by atoms with Crippen molar-refractivity contribution in [1.82, 2.24) is 15.5 Å². The number of likely N-dealkylation sites (tertiary alicyclic amines) is 1. The molecule has 4 rings (SSSR count). The van der Waals surface area contributed by atoms with Crippen LogP contribution in [0.5, 0.6) is 0 Å². The van der Waals surface area contributed by atoms with Crippen LogP contribution in [0.4, 0.5) is 4.39 Å². The van der Waals surface area contributed by atoms with Crippen molar-refractivity contribution in [3.8, 4) is 0 Å². The first-order valence-corrected chi connectivity index (χ1v) is 10.7. The Labute approximate surface area is 179 Å². The molecular formula is C20H28ClFN5O3+. The molecule has 5 atom stereocenters. The fourth-order valence-corrected chi connectivity index (χ4v) is 4.47. The molecule has 2 aliphatic heterocycles. The Morgan fingerprint density at radius 2 is 2.20 bits per heavy atom. The molecule has 1 aromatic carbocycles. The standard InChI is InChI=1S/C20H27ClFN5O3/c1-11-2-3-12(6-14(11)21)17-24-7-13(8-25-19(29)20(22)4-5-20)18(27(17)30)26-9-15(23)16(28)10-26/h2-3,6,13,15-18,24,28H,4-5,7-10,23H2,1H3/p+1/t13?,15-,16+,17?,18?/m1/s1. The van der Waals surface area contributed by atoms with Gasteiger partial charge in [0.1, 0.15) is 0 Å². The van der Waals surface area contributed by atoms with E-state index < -0.39 is 36.1 Å². The summed E-state index contributed by atoms with van der Waals surface area (Å²) in [7, 11) is 0. The van der Waals surface area contributed by atoms with Gasteiger partial charge in [-0.3, -0.25) is 10.1 Å². The van der Waals surface area contributed by atoms with Crippen molar-refractivity contribution in [3.63, 3.8) is 0 Å². The Kier molecular flexibility index (Phi) is 5.84. The SMILES string of the molecule is Cc1ccc(C2NCC(CNC(=O)C3(F)CC3)C(N3C[C@@H](N)[C@@H](O)C3)[N+]2=O)cc1Cl. The van der Waals surface area contributed by atoms with Crippen LogP contribution in [-0.4, -0.2) is 70.8 Å². The monoisotopic (exact) mass is 440 g/mol. The lowest BCUT2D eigenvalue weighted by Gasteiger charge is -2.34. The van der Waals surface area contributed by atoms with E-state index in [0.717, 1.165) is 15.9 Å². The summed E-state index contributed by atoms with van der Waals surface area (Å²) in [5, 5.41) is 16.6. The Balaban J connectivity index is 1.54. The van der Waals surface area contributed by atoms with E-state index >= 15 is 0 Å². The molecule has 1 saturated carbocycles. The van der Waals surface area contributed by atoms with Crippen LogP contribution >= 0.6 is 11.6 Å².